The maximum Gasteiger partial charge on any atom is 0.418 e. The number of benzene rings is 2. The predicted molar refractivity (Wildman–Crippen MR) is 123 cm³/mol. The summed E-state index contributed by atoms with van der Waals surface area (Å²) >= 11 is 5.82. The standard InChI is InChI=1S/C23H23ClF4N2O3S/c1-14(25)12-17-10-11-22(2,21(31)29-16-5-7-18(8-6-16)34(3,32)33)30(17)20-9-4-15(24)13-19(20)23(26,27)28/h4-10,13-14H,11-12H2,1-3H3,(H,29,31)/t14-,22?/m1/s1. The Balaban J connectivity index is 2.03. The summed E-state index contributed by atoms with van der Waals surface area (Å²) in [7, 11) is -3.44. The number of amides is 1. The van der Waals surface area contributed by atoms with Gasteiger partial charge >= 0.3 is 6.18 Å². The molecular weight excluding hydrogens is 496 g/mol. The lowest BCUT2D eigenvalue weighted by Gasteiger charge is -2.39. The van der Waals surface area contributed by atoms with Crippen molar-refractivity contribution in [3.8, 4) is 0 Å². The van der Waals surface area contributed by atoms with Crippen LogP contribution in [0.4, 0.5) is 28.9 Å². The van der Waals surface area contributed by atoms with E-state index in [-0.39, 0.29) is 39.8 Å². The molecule has 1 heterocycles. The Morgan fingerprint density at radius 3 is 2.35 bits per heavy atom. The Bertz CT molecular complexity index is 1230. The second kappa shape index (κ2) is 9.22. The van der Waals surface area contributed by atoms with Crippen molar-refractivity contribution >= 4 is 38.7 Å². The third kappa shape index (κ3) is 5.38. The van der Waals surface area contributed by atoms with Crippen molar-refractivity contribution in [1.29, 1.82) is 0 Å². The topological polar surface area (TPSA) is 66.5 Å². The van der Waals surface area contributed by atoms with Crippen molar-refractivity contribution in [3.63, 3.8) is 0 Å². The van der Waals surface area contributed by atoms with Gasteiger partial charge in [0.25, 0.3) is 5.91 Å². The Hall–Kier alpha value is -2.59. The molecule has 1 amide bonds. The van der Waals surface area contributed by atoms with E-state index in [1.807, 2.05) is 0 Å². The lowest BCUT2D eigenvalue weighted by atomic mass is 9.95. The summed E-state index contributed by atoms with van der Waals surface area (Å²) in [5.41, 5.74) is -2.37. The van der Waals surface area contributed by atoms with E-state index in [0.29, 0.717) is 0 Å². The van der Waals surface area contributed by atoms with Gasteiger partial charge in [-0.25, -0.2) is 12.8 Å². The first-order chi connectivity index (χ1) is 15.6. The van der Waals surface area contributed by atoms with E-state index in [1.54, 1.807) is 6.08 Å². The predicted octanol–water partition coefficient (Wildman–Crippen LogP) is 6.00. The second-order valence-electron chi connectivity index (χ2n) is 8.40. The molecule has 0 aromatic heterocycles. The minimum Gasteiger partial charge on any atom is -0.330 e. The Morgan fingerprint density at radius 1 is 1.21 bits per heavy atom. The van der Waals surface area contributed by atoms with Gasteiger partial charge in [0, 0.05) is 29.1 Å². The number of alkyl halides is 4. The van der Waals surface area contributed by atoms with Gasteiger partial charge in [0.1, 0.15) is 11.7 Å². The van der Waals surface area contributed by atoms with Crippen LogP contribution in [0.1, 0.15) is 32.3 Å². The lowest BCUT2D eigenvalue weighted by Crippen LogP contribution is -2.52. The van der Waals surface area contributed by atoms with Crippen LogP contribution in [0.25, 0.3) is 0 Å². The Morgan fingerprint density at radius 2 is 1.82 bits per heavy atom. The van der Waals surface area contributed by atoms with Crippen LogP contribution >= 0.6 is 11.6 Å². The smallest absolute Gasteiger partial charge is 0.330 e. The fraction of sp³-hybridized carbons (Fsp3) is 0.348. The van der Waals surface area contributed by atoms with E-state index in [1.165, 1.54) is 55.1 Å². The molecule has 2 aromatic rings. The summed E-state index contributed by atoms with van der Waals surface area (Å²) in [5.74, 6) is -0.638. The molecule has 3 rings (SSSR count). The van der Waals surface area contributed by atoms with Gasteiger partial charge in [0.05, 0.1) is 16.1 Å². The van der Waals surface area contributed by atoms with Crippen LogP contribution in [-0.4, -0.2) is 32.3 Å². The molecular formula is C23H23ClF4N2O3S. The minimum absolute atomic E-state index is 0.0300. The molecule has 0 saturated carbocycles. The number of hydrogen-bond acceptors (Lipinski definition) is 4. The molecule has 1 aliphatic rings. The average molecular weight is 519 g/mol. The van der Waals surface area contributed by atoms with Gasteiger partial charge in [-0.3, -0.25) is 4.79 Å². The van der Waals surface area contributed by atoms with Crippen LogP contribution in [0.2, 0.25) is 5.02 Å². The summed E-state index contributed by atoms with van der Waals surface area (Å²) < 4.78 is 78.9. The van der Waals surface area contributed by atoms with Crippen LogP contribution < -0.4 is 10.2 Å². The minimum atomic E-state index is -4.77. The molecule has 0 radical (unpaired) electrons. The highest BCUT2D eigenvalue weighted by Gasteiger charge is 2.47. The number of hydrogen-bond donors (Lipinski definition) is 1. The van der Waals surface area contributed by atoms with E-state index >= 15 is 0 Å². The third-order valence-corrected chi connectivity index (χ3v) is 6.90. The molecule has 0 saturated heterocycles. The average Bonchev–Trinajstić information content (AvgIpc) is 3.04. The number of sulfone groups is 1. The van der Waals surface area contributed by atoms with Crippen molar-refractivity contribution in [2.24, 2.45) is 0 Å². The first-order valence-electron chi connectivity index (χ1n) is 10.2. The number of rotatable bonds is 6. The number of nitrogens with zero attached hydrogens (tertiary/aromatic N) is 1. The summed E-state index contributed by atoms with van der Waals surface area (Å²) in [5, 5.41) is 2.51. The molecule has 1 N–H and O–H groups in total. The fourth-order valence-electron chi connectivity index (χ4n) is 3.88. The highest BCUT2D eigenvalue weighted by molar-refractivity contribution is 7.90. The molecule has 1 aliphatic heterocycles. The van der Waals surface area contributed by atoms with Gasteiger partial charge in [-0.2, -0.15) is 13.2 Å². The zero-order chi connectivity index (χ0) is 25.5. The molecule has 184 valence electrons. The van der Waals surface area contributed by atoms with Crippen molar-refractivity contribution in [1.82, 2.24) is 0 Å². The van der Waals surface area contributed by atoms with Crippen LogP contribution in [0, 0.1) is 0 Å². The number of carbonyl (C=O) groups excluding carboxylic acids is 1. The molecule has 5 nitrogen and oxygen atoms in total. The lowest BCUT2D eigenvalue weighted by molar-refractivity contribution is -0.137. The number of allylic oxidation sites excluding steroid dienone is 1. The van der Waals surface area contributed by atoms with Crippen LogP contribution in [0.5, 0.6) is 0 Å². The Labute approximate surface area is 200 Å². The van der Waals surface area contributed by atoms with E-state index < -0.39 is 39.2 Å². The van der Waals surface area contributed by atoms with Gasteiger partial charge in [0.2, 0.25) is 0 Å². The van der Waals surface area contributed by atoms with Gasteiger partial charge in [-0.05, 0) is 62.7 Å². The largest absolute Gasteiger partial charge is 0.418 e. The molecule has 1 unspecified atom stereocenters. The van der Waals surface area contributed by atoms with E-state index in [9.17, 15) is 30.8 Å². The second-order valence-corrected chi connectivity index (χ2v) is 10.9. The van der Waals surface area contributed by atoms with E-state index in [4.69, 9.17) is 11.6 Å². The van der Waals surface area contributed by atoms with Gasteiger partial charge in [-0.1, -0.05) is 17.7 Å². The summed E-state index contributed by atoms with van der Waals surface area (Å²) in [6, 6.07) is 8.62. The maximum absolute atomic E-state index is 13.9. The van der Waals surface area contributed by atoms with Crippen molar-refractivity contribution in [3.05, 3.63) is 64.8 Å². The van der Waals surface area contributed by atoms with Crippen LogP contribution in [-0.2, 0) is 20.8 Å². The fourth-order valence-corrected chi connectivity index (χ4v) is 4.68. The van der Waals surface area contributed by atoms with Crippen molar-refractivity contribution < 1.29 is 30.8 Å². The van der Waals surface area contributed by atoms with Crippen LogP contribution in [0.15, 0.2) is 59.1 Å². The molecule has 0 aliphatic carbocycles. The van der Waals surface area contributed by atoms with Crippen LogP contribution in [0.3, 0.4) is 0 Å². The van der Waals surface area contributed by atoms with Crippen molar-refractivity contribution in [2.45, 2.75) is 49.5 Å². The Kier molecular flexibility index (Phi) is 7.06. The molecule has 2 aromatic carbocycles. The normalized spacial score (nSPS) is 19.6. The number of halogens is 5. The molecule has 11 heteroatoms. The summed E-state index contributed by atoms with van der Waals surface area (Å²) in [6.45, 7) is 2.75. The maximum atomic E-state index is 13.9. The first-order valence-corrected chi connectivity index (χ1v) is 12.5. The highest BCUT2D eigenvalue weighted by atomic mass is 35.5. The van der Waals surface area contributed by atoms with Gasteiger partial charge in [0.15, 0.2) is 9.84 Å². The molecule has 0 spiro atoms. The first kappa shape index (κ1) is 26.0. The number of carbonyl (C=O) groups is 1. The molecule has 2 atom stereocenters. The quantitative estimate of drug-likeness (QED) is 0.476. The third-order valence-electron chi connectivity index (χ3n) is 5.54. The number of anilines is 2. The zero-order valence-electron chi connectivity index (χ0n) is 18.6. The molecule has 0 fully saturated rings. The molecule has 34 heavy (non-hydrogen) atoms. The van der Waals surface area contributed by atoms with E-state index in [0.717, 1.165) is 12.3 Å². The van der Waals surface area contributed by atoms with Crippen molar-refractivity contribution in [2.75, 3.05) is 16.5 Å². The monoisotopic (exact) mass is 518 g/mol. The highest BCUT2D eigenvalue weighted by Crippen LogP contribution is 2.46. The SMILES string of the molecule is C[C@@H](F)CC1=CCC(C)(C(=O)Nc2ccc(S(C)(=O)=O)cc2)N1c1ccc(Cl)cc1C(F)(F)F. The van der Waals surface area contributed by atoms with Gasteiger partial charge in [-0.15, -0.1) is 0 Å². The van der Waals surface area contributed by atoms with E-state index in [2.05, 4.69) is 5.32 Å². The van der Waals surface area contributed by atoms with Gasteiger partial charge < -0.3 is 10.2 Å². The molecule has 0 bridgehead atoms. The zero-order valence-corrected chi connectivity index (χ0v) is 20.2. The summed E-state index contributed by atoms with van der Waals surface area (Å²) in [6.07, 6.45) is -3.69. The summed E-state index contributed by atoms with van der Waals surface area (Å²) in [4.78, 5) is 14.6. The number of nitrogens with one attached hydrogen (secondary N) is 1.